The van der Waals surface area contributed by atoms with Gasteiger partial charge in [-0.25, -0.2) is 0 Å². The molecule has 0 atom stereocenters. The number of hydrogen-bond donors (Lipinski definition) is 1. The Morgan fingerprint density at radius 1 is 1.06 bits per heavy atom. The molecule has 2 aromatic carbocycles. The predicted molar refractivity (Wildman–Crippen MR) is 73.6 cm³/mol. The van der Waals surface area contributed by atoms with Gasteiger partial charge in [0, 0.05) is 6.54 Å². The lowest BCUT2D eigenvalue weighted by Crippen LogP contribution is -1.98. The minimum absolute atomic E-state index is 0. The van der Waals surface area contributed by atoms with Crippen molar-refractivity contribution in [1.29, 1.82) is 0 Å². The highest BCUT2D eigenvalue weighted by molar-refractivity contribution is 5.85. The van der Waals surface area contributed by atoms with E-state index in [9.17, 15) is 0 Å². The van der Waals surface area contributed by atoms with Crippen LogP contribution < -0.4 is 10.5 Å². The number of benzene rings is 2. The van der Waals surface area contributed by atoms with Crippen molar-refractivity contribution in [3.63, 3.8) is 0 Å². The second-order valence-electron chi connectivity index (χ2n) is 3.59. The minimum Gasteiger partial charge on any atom is -0.497 e. The van der Waals surface area contributed by atoms with E-state index in [1.165, 1.54) is 5.56 Å². The summed E-state index contributed by atoms with van der Waals surface area (Å²) >= 11 is 0. The monoisotopic (exact) mass is 249 g/mol. The summed E-state index contributed by atoms with van der Waals surface area (Å²) in [6, 6.07) is 16.2. The van der Waals surface area contributed by atoms with Crippen molar-refractivity contribution in [2.75, 3.05) is 7.11 Å². The van der Waals surface area contributed by atoms with E-state index >= 15 is 0 Å². The molecule has 0 heterocycles. The fraction of sp³-hybridized carbons (Fsp3) is 0.143. The maximum absolute atomic E-state index is 5.73. The summed E-state index contributed by atoms with van der Waals surface area (Å²) in [7, 11) is 1.67. The summed E-state index contributed by atoms with van der Waals surface area (Å²) in [5, 5.41) is 0. The Hall–Kier alpha value is -1.51. The van der Waals surface area contributed by atoms with Crippen molar-refractivity contribution in [3.8, 4) is 16.9 Å². The maximum Gasteiger partial charge on any atom is 0.119 e. The van der Waals surface area contributed by atoms with Crippen molar-refractivity contribution in [3.05, 3.63) is 54.1 Å². The smallest absolute Gasteiger partial charge is 0.119 e. The molecule has 2 aromatic rings. The molecule has 0 aliphatic rings. The van der Waals surface area contributed by atoms with Gasteiger partial charge in [-0.05, 0) is 28.8 Å². The molecule has 0 saturated carbocycles. The molecule has 17 heavy (non-hydrogen) atoms. The van der Waals surface area contributed by atoms with Gasteiger partial charge < -0.3 is 10.5 Å². The van der Waals surface area contributed by atoms with Crippen molar-refractivity contribution in [2.45, 2.75) is 6.54 Å². The van der Waals surface area contributed by atoms with E-state index in [2.05, 4.69) is 18.2 Å². The quantitative estimate of drug-likeness (QED) is 0.906. The lowest BCUT2D eigenvalue weighted by atomic mass is 10.00. The molecule has 0 amide bonds. The first kappa shape index (κ1) is 13.6. The first-order chi connectivity index (χ1) is 7.85. The summed E-state index contributed by atoms with van der Waals surface area (Å²) in [5.41, 5.74) is 9.19. The first-order valence-electron chi connectivity index (χ1n) is 5.27. The normalized spacial score (nSPS) is 9.53. The van der Waals surface area contributed by atoms with Crippen LogP contribution >= 0.6 is 12.4 Å². The largest absolute Gasteiger partial charge is 0.497 e. The molecule has 0 aliphatic carbocycles. The Morgan fingerprint density at radius 3 is 2.53 bits per heavy atom. The van der Waals surface area contributed by atoms with Crippen molar-refractivity contribution < 1.29 is 4.74 Å². The minimum atomic E-state index is 0. The number of methoxy groups -OCH3 is 1. The highest BCUT2D eigenvalue weighted by atomic mass is 35.5. The van der Waals surface area contributed by atoms with Crippen LogP contribution in [0, 0.1) is 0 Å². The molecule has 0 spiro atoms. The zero-order chi connectivity index (χ0) is 11.4. The van der Waals surface area contributed by atoms with Gasteiger partial charge in [-0.15, -0.1) is 12.4 Å². The lowest BCUT2D eigenvalue weighted by molar-refractivity contribution is 0.415. The third-order valence-electron chi connectivity index (χ3n) is 2.62. The Balaban J connectivity index is 0.00000144. The van der Waals surface area contributed by atoms with E-state index in [4.69, 9.17) is 10.5 Å². The standard InChI is InChI=1S/C14H15NO.ClH/c1-16-13-7-4-6-11(9-13)14-8-3-2-5-12(14)10-15;/h2-9H,10,15H2,1H3;1H. The maximum atomic E-state index is 5.73. The van der Waals surface area contributed by atoms with Crippen LogP contribution in [0.2, 0.25) is 0 Å². The molecule has 0 radical (unpaired) electrons. The average molecular weight is 250 g/mol. The molecule has 0 bridgehead atoms. The fourth-order valence-corrected chi connectivity index (χ4v) is 1.77. The molecule has 2 N–H and O–H groups in total. The molecule has 0 unspecified atom stereocenters. The van der Waals surface area contributed by atoms with Gasteiger partial charge in [0.05, 0.1) is 7.11 Å². The Labute approximate surface area is 108 Å². The van der Waals surface area contributed by atoms with E-state index in [0.717, 1.165) is 16.9 Å². The number of rotatable bonds is 3. The van der Waals surface area contributed by atoms with Crippen LogP contribution in [0.4, 0.5) is 0 Å². The third-order valence-corrected chi connectivity index (χ3v) is 2.62. The predicted octanol–water partition coefficient (Wildman–Crippen LogP) is 3.24. The van der Waals surface area contributed by atoms with Gasteiger partial charge in [-0.3, -0.25) is 0 Å². The van der Waals surface area contributed by atoms with Crippen LogP contribution in [-0.2, 0) is 6.54 Å². The molecular formula is C14H16ClNO. The molecule has 2 nitrogen and oxygen atoms in total. The first-order valence-corrected chi connectivity index (χ1v) is 5.27. The highest BCUT2D eigenvalue weighted by Gasteiger charge is 2.03. The zero-order valence-corrected chi connectivity index (χ0v) is 10.5. The van der Waals surface area contributed by atoms with Gasteiger partial charge in [0.25, 0.3) is 0 Å². The second-order valence-corrected chi connectivity index (χ2v) is 3.59. The van der Waals surface area contributed by atoms with E-state index in [1.54, 1.807) is 7.11 Å². The van der Waals surface area contributed by atoms with E-state index < -0.39 is 0 Å². The van der Waals surface area contributed by atoms with Gasteiger partial charge >= 0.3 is 0 Å². The van der Waals surface area contributed by atoms with Crippen LogP contribution in [0.1, 0.15) is 5.56 Å². The Bertz CT molecular complexity index is 485. The van der Waals surface area contributed by atoms with Gasteiger partial charge in [0.2, 0.25) is 0 Å². The van der Waals surface area contributed by atoms with Gasteiger partial charge in [0.1, 0.15) is 5.75 Å². The van der Waals surface area contributed by atoms with Crippen LogP contribution in [-0.4, -0.2) is 7.11 Å². The van der Waals surface area contributed by atoms with E-state index in [-0.39, 0.29) is 12.4 Å². The van der Waals surface area contributed by atoms with Gasteiger partial charge in [0.15, 0.2) is 0 Å². The molecule has 0 aromatic heterocycles. The molecular weight excluding hydrogens is 234 g/mol. The highest BCUT2D eigenvalue weighted by Crippen LogP contribution is 2.26. The third kappa shape index (κ3) is 2.99. The van der Waals surface area contributed by atoms with Crippen molar-refractivity contribution >= 4 is 12.4 Å². The number of nitrogens with two attached hydrogens (primary N) is 1. The summed E-state index contributed by atoms with van der Waals surface area (Å²) < 4.78 is 5.22. The molecule has 0 fully saturated rings. The summed E-state index contributed by atoms with van der Waals surface area (Å²) in [5.74, 6) is 0.865. The summed E-state index contributed by atoms with van der Waals surface area (Å²) in [4.78, 5) is 0. The van der Waals surface area contributed by atoms with Crippen LogP contribution in [0.15, 0.2) is 48.5 Å². The molecule has 0 saturated heterocycles. The Morgan fingerprint density at radius 2 is 1.82 bits per heavy atom. The Kier molecular flexibility index (Phi) is 5.01. The van der Waals surface area contributed by atoms with Crippen LogP contribution in [0.5, 0.6) is 5.75 Å². The molecule has 90 valence electrons. The topological polar surface area (TPSA) is 35.2 Å². The number of hydrogen-bond acceptors (Lipinski definition) is 2. The van der Waals surface area contributed by atoms with Crippen LogP contribution in [0.3, 0.4) is 0 Å². The molecule has 2 rings (SSSR count). The molecule has 0 aliphatic heterocycles. The van der Waals surface area contributed by atoms with Gasteiger partial charge in [-0.1, -0.05) is 36.4 Å². The van der Waals surface area contributed by atoms with E-state index in [1.807, 2.05) is 30.3 Å². The van der Waals surface area contributed by atoms with Crippen LogP contribution in [0.25, 0.3) is 11.1 Å². The van der Waals surface area contributed by atoms with Crippen molar-refractivity contribution in [1.82, 2.24) is 0 Å². The van der Waals surface area contributed by atoms with E-state index in [0.29, 0.717) is 6.54 Å². The fourth-order valence-electron chi connectivity index (χ4n) is 1.77. The zero-order valence-electron chi connectivity index (χ0n) is 9.72. The number of halogens is 1. The second kappa shape index (κ2) is 6.28. The molecule has 3 heteroatoms. The average Bonchev–Trinajstić information content (AvgIpc) is 2.38. The summed E-state index contributed by atoms with van der Waals surface area (Å²) in [6.45, 7) is 0.549. The SMILES string of the molecule is COc1cccc(-c2ccccc2CN)c1.Cl. The lowest BCUT2D eigenvalue weighted by Gasteiger charge is -2.08. The van der Waals surface area contributed by atoms with Gasteiger partial charge in [-0.2, -0.15) is 0 Å². The summed E-state index contributed by atoms with van der Waals surface area (Å²) in [6.07, 6.45) is 0. The number of ether oxygens (including phenoxy) is 1. The van der Waals surface area contributed by atoms with Crippen molar-refractivity contribution in [2.24, 2.45) is 5.73 Å².